The van der Waals surface area contributed by atoms with Gasteiger partial charge < -0.3 is 15.7 Å². The number of carbonyl (C=O) groups excluding carboxylic acids is 1. The predicted octanol–water partition coefficient (Wildman–Crippen LogP) is 3.88. The van der Waals surface area contributed by atoms with Crippen molar-refractivity contribution in [2.24, 2.45) is 0 Å². The fourth-order valence-electron chi connectivity index (χ4n) is 4.01. The molecule has 28 heavy (non-hydrogen) atoms. The number of hydrogen-bond donors (Lipinski definition) is 3. The summed E-state index contributed by atoms with van der Waals surface area (Å²) in [4.78, 5) is 16.6. The van der Waals surface area contributed by atoms with Crippen molar-refractivity contribution in [1.29, 1.82) is 0 Å². The van der Waals surface area contributed by atoms with Crippen molar-refractivity contribution in [3.05, 3.63) is 78.1 Å². The van der Waals surface area contributed by atoms with Gasteiger partial charge in [0.15, 0.2) is 0 Å². The van der Waals surface area contributed by atoms with Gasteiger partial charge >= 0.3 is 0 Å². The fraction of sp³-hybridized carbons (Fsp3) is 0.217. The summed E-state index contributed by atoms with van der Waals surface area (Å²) in [6.45, 7) is -0.0105. The molecule has 0 bridgehead atoms. The highest BCUT2D eigenvalue weighted by Gasteiger charge is 2.56. The van der Waals surface area contributed by atoms with Gasteiger partial charge in [-0.15, -0.1) is 0 Å². The second kappa shape index (κ2) is 6.46. The first-order valence-corrected chi connectivity index (χ1v) is 9.53. The van der Waals surface area contributed by atoms with Crippen molar-refractivity contribution in [2.45, 2.75) is 24.3 Å². The van der Waals surface area contributed by atoms with Crippen molar-refractivity contribution < 1.29 is 9.90 Å². The third-order valence-electron chi connectivity index (χ3n) is 5.76. The monoisotopic (exact) mass is 371 g/mol. The van der Waals surface area contributed by atoms with Crippen LogP contribution in [0.5, 0.6) is 0 Å². The van der Waals surface area contributed by atoms with Crippen LogP contribution in [-0.2, 0) is 10.2 Å². The quantitative estimate of drug-likeness (QED) is 0.636. The molecule has 2 aliphatic rings. The summed E-state index contributed by atoms with van der Waals surface area (Å²) in [6.07, 6.45) is 5.43. The highest BCUT2D eigenvalue weighted by Crippen LogP contribution is 2.55. The van der Waals surface area contributed by atoms with E-state index in [9.17, 15) is 9.90 Å². The Hall–Kier alpha value is -3.18. The average Bonchev–Trinajstić information content (AvgIpc) is 3.50. The molecular formula is C23H21N3O2. The zero-order valence-corrected chi connectivity index (χ0v) is 15.4. The molecule has 2 heterocycles. The summed E-state index contributed by atoms with van der Waals surface area (Å²) < 4.78 is 0. The number of aromatic nitrogens is 1. The minimum Gasteiger partial charge on any atom is -0.394 e. The molecule has 5 rings (SSSR count). The summed E-state index contributed by atoms with van der Waals surface area (Å²) >= 11 is 0. The molecule has 140 valence electrons. The number of aliphatic hydroxyl groups excluding tert-OH is 1. The number of anilines is 2. The first-order chi connectivity index (χ1) is 13.7. The minimum atomic E-state index is -0.302. The van der Waals surface area contributed by atoms with E-state index in [1.165, 1.54) is 0 Å². The van der Waals surface area contributed by atoms with Crippen LogP contribution in [0.15, 0.2) is 67.0 Å². The molecule has 1 fully saturated rings. The van der Waals surface area contributed by atoms with E-state index >= 15 is 0 Å². The van der Waals surface area contributed by atoms with Crippen molar-refractivity contribution in [2.75, 3.05) is 17.2 Å². The normalized spacial score (nSPS) is 17.1. The number of fused-ring (bicyclic) bond motifs is 2. The lowest BCUT2D eigenvalue weighted by molar-refractivity contribution is -0.117. The maximum Gasteiger partial charge on any atom is 0.235 e. The Balaban J connectivity index is 1.44. The van der Waals surface area contributed by atoms with Crippen LogP contribution in [0, 0.1) is 0 Å². The fourth-order valence-corrected chi connectivity index (χ4v) is 4.01. The lowest BCUT2D eigenvalue weighted by Crippen LogP contribution is -2.18. The van der Waals surface area contributed by atoms with Crippen molar-refractivity contribution >= 4 is 17.3 Å². The number of nitrogens with zero attached hydrogens (tertiary/aromatic N) is 1. The molecule has 1 unspecified atom stereocenters. The number of pyridine rings is 1. The molecule has 0 saturated heterocycles. The summed E-state index contributed by atoms with van der Waals surface area (Å²) in [7, 11) is 0. The molecule has 1 aromatic heterocycles. The molecule has 2 aromatic carbocycles. The van der Waals surface area contributed by atoms with E-state index in [-0.39, 0.29) is 24.0 Å². The maximum absolute atomic E-state index is 12.2. The van der Waals surface area contributed by atoms with E-state index in [0.717, 1.165) is 46.5 Å². The summed E-state index contributed by atoms with van der Waals surface area (Å²) in [5.74, 6) is 0.127. The number of amides is 1. The second-order valence-electron chi connectivity index (χ2n) is 7.55. The van der Waals surface area contributed by atoms with Crippen LogP contribution < -0.4 is 10.6 Å². The van der Waals surface area contributed by atoms with Crippen LogP contribution >= 0.6 is 0 Å². The van der Waals surface area contributed by atoms with Crippen molar-refractivity contribution in [3.63, 3.8) is 0 Å². The summed E-state index contributed by atoms with van der Waals surface area (Å²) in [5, 5.41) is 16.2. The largest absolute Gasteiger partial charge is 0.394 e. The van der Waals surface area contributed by atoms with Gasteiger partial charge in [0.2, 0.25) is 5.91 Å². The van der Waals surface area contributed by atoms with Crippen LogP contribution in [0.4, 0.5) is 11.4 Å². The molecule has 1 atom stereocenters. The van der Waals surface area contributed by atoms with Gasteiger partial charge in [-0.2, -0.15) is 0 Å². The molecule has 0 radical (unpaired) electrons. The average molecular weight is 371 g/mol. The van der Waals surface area contributed by atoms with E-state index in [2.05, 4.69) is 21.7 Å². The SMILES string of the molecule is O=C1Nc2ccc(-c3cncc(NC(CO)c4ccccc4)c3)cc2C12CC2. The minimum absolute atomic E-state index is 0.0105. The predicted molar refractivity (Wildman–Crippen MR) is 109 cm³/mol. The Morgan fingerprint density at radius 2 is 1.89 bits per heavy atom. The van der Waals surface area contributed by atoms with Gasteiger partial charge in [-0.1, -0.05) is 36.4 Å². The van der Waals surface area contributed by atoms with Gasteiger partial charge in [-0.25, -0.2) is 0 Å². The molecule has 5 nitrogen and oxygen atoms in total. The van der Waals surface area contributed by atoms with E-state index in [4.69, 9.17) is 0 Å². The standard InChI is InChI=1S/C23H21N3O2/c27-14-21(15-4-2-1-3-5-15)25-18-10-17(12-24-13-18)16-6-7-20-19(11-16)23(8-9-23)22(28)26-20/h1-7,10-13,21,25,27H,8-9,14H2,(H,26,28). The molecule has 1 saturated carbocycles. The molecule has 1 spiro atoms. The van der Waals surface area contributed by atoms with Gasteiger partial charge in [0.1, 0.15) is 0 Å². The number of aliphatic hydroxyl groups is 1. The first-order valence-electron chi connectivity index (χ1n) is 9.53. The Morgan fingerprint density at radius 1 is 1.07 bits per heavy atom. The Kier molecular flexibility index (Phi) is 3.91. The lowest BCUT2D eigenvalue weighted by atomic mass is 9.94. The third-order valence-corrected chi connectivity index (χ3v) is 5.76. The zero-order chi connectivity index (χ0) is 19.1. The van der Waals surface area contributed by atoms with E-state index < -0.39 is 0 Å². The van der Waals surface area contributed by atoms with Gasteiger partial charge in [0.25, 0.3) is 0 Å². The van der Waals surface area contributed by atoms with Crippen molar-refractivity contribution in [1.82, 2.24) is 4.98 Å². The number of benzene rings is 2. The Morgan fingerprint density at radius 3 is 2.64 bits per heavy atom. The lowest BCUT2D eigenvalue weighted by Gasteiger charge is -2.18. The maximum atomic E-state index is 12.2. The highest BCUT2D eigenvalue weighted by atomic mass is 16.3. The van der Waals surface area contributed by atoms with Gasteiger partial charge in [-0.3, -0.25) is 9.78 Å². The van der Waals surface area contributed by atoms with E-state index in [1.54, 1.807) is 6.20 Å². The van der Waals surface area contributed by atoms with Gasteiger partial charge in [-0.05, 0) is 47.7 Å². The molecule has 5 heteroatoms. The molecule has 1 amide bonds. The second-order valence-corrected chi connectivity index (χ2v) is 7.55. The highest BCUT2D eigenvalue weighted by molar-refractivity contribution is 6.08. The van der Waals surface area contributed by atoms with Crippen LogP contribution in [0.25, 0.3) is 11.1 Å². The third kappa shape index (κ3) is 2.75. The molecule has 1 aliphatic carbocycles. The number of rotatable bonds is 5. The Labute approximate surface area is 163 Å². The number of carbonyl (C=O) groups is 1. The van der Waals surface area contributed by atoms with Crippen LogP contribution in [-0.4, -0.2) is 22.6 Å². The van der Waals surface area contributed by atoms with Crippen molar-refractivity contribution in [3.8, 4) is 11.1 Å². The van der Waals surface area contributed by atoms with Crippen LogP contribution in [0.1, 0.15) is 30.0 Å². The zero-order valence-electron chi connectivity index (χ0n) is 15.4. The molecular weight excluding hydrogens is 350 g/mol. The Bertz CT molecular complexity index is 1040. The van der Waals surface area contributed by atoms with Crippen LogP contribution in [0.3, 0.4) is 0 Å². The number of nitrogens with one attached hydrogen (secondary N) is 2. The van der Waals surface area contributed by atoms with E-state index in [1.807, 2.05) is 54.7 Å². The van der Waals surface area contributed by atoms with Gasteiger partial charge in [0.05, 0.1) is 23.8 Å². The summed E-state index contributed by atoms with van der Waals surface area (Å²) in [5.41, 5.74) is 5.61. The number of hydrogen-bond acceptors (Lipinski definition) is 4. The molecule has 3 N–H and O–H groups in total. The first kappa shape index (κ1) is 17.0. The smallest absolute Gasteiger partial charge is 0.235 e. The molecule has 1 aliphatic heterocycles. The molecule has 3 aromatic rings. The summed E-state index contributed by atoms with van der Waals surface area (Å²) in [6, 6.07) is 17.8. The van der Waals surface area contributed by atoms with Crippen LogP contribution in [0.2, 0.25) is 0 Å². The van der Waals surface area contributed by atoms with E-state index in [0.29, 0.717) is 0 Å². The van der Waals surface area contributed by atoms with Gasteiger partial charge in [0, 0.05) is 23.6 Å². The topological polar surface area (TPSA) is 74.2 Å².